The molecule has 32 heavy (non-hydrogen) atoms. The van der Waals surface area contributed by atoms with E-state index < -0.39 is 21.8 Å². The summed E-state index contributed by atoms with van der Waals surface area (Å²) in [4.78, 5) is 24.2. The molecule has 0 aliphatic carbocycles. The van der Waals surface area contributed by atoms with Crippen molar-refractivity contribution < 1.29 is 27.5 Å². The van der Waals surface area contributed by atoms with E-state index in [9.17, 15) is 18.0 Å². The second kappa shape index (κ2) is 10.8. The topological polar surface area (TPSA) is 126 Å². The van der Waals surface area contributed by atoms with Crippen LogP contribution in [0.1, 0.15) is 15.9 Å². The van der Waals surface area contributed by atoms with Crippen LogP contribution in [-0.4, -0.2) is 70.7 Å². The highest BCUT2D eigenvalue weighted by Crippen LogP contribution is 2.17. The van der Waals surface area contributed by atoms with Crippen molar-refractivity contribution in [2.75, 3.05) is 40.0 Å². The lowest BCUT2D eigenvalue weighted by molar-refractivity contribution is -0.120. The highest BCUT2D eigenvalue weighted by atomic mass is 32.2. The third kappa shape index (κ3) is 6.13. The van der Waals surface area contributed by atoms with E-state index in [0.29, 0.717) is 32.1 Å². The van der Waals surface area contributed by atoms with E-state index in [-0.39, 0.29) is 17.0 Å². The average Bonchev–Trinajstić information content (AvgIpc) is 2.83. The lowest BCUT2D eigenvalue weighted by Crippen LogP contribution is -2.40. The summed E-state index contributed by atoms with van der Waals surface area (Å²) in [5.74, 6) is -0.354. The van der Waals surface area contributed by atoms with Gasteiger partial charge in [-0.25, -0.2) is 13.8 Å². The van der Waals surface area contributed by atoms with E-state index in [1.165, 1.54) is 34.8 Å². The predicted molar refractivity (Wildman–Crippen MR) is 117 cm³/mol. The van der Waals surface area contributed by atoms with Crippen LogP contribution in [0.15, 0.2) is 58.5 Å². The molecule has 3 rings (SSSR count). The molecule has 0 aromatic heterocycles. The van der Waals surface area contributed by atoms with Gasteiger partial charge < -0.3 is 14.8 Å². The van der Waals surface area contributed by atoms with Crippen LogP contribution >= 0.6 is 0 Å². The summed E-state index contributed by atoms with van der Waals surface area (Å²) >= 11 is 0. The Labute approximate surface area is 186 Å². The normalized spacial score (nSPS) is 14.8. The van der Waals surface area contributed by atoms with E-state index in [0.717, 1.165) is 5.56 Å². The predicted octanol–water partition coefficient (Wildman–Crippen LogP) is 0.596. The zero-order valence-electron chi connectivity index (χ0n) is 17.5. The molecule has 1 aliphatic rings. The molecule has 2 amide bonds. The van der Waals surface area contributed by atoms with Gasteiger partial charge in [0.1, 0.15) is 5.75 Å². The smallest absolute Gasteiger partial charge is 0.259 e. The minimum Gasteiger partial charge on any atom is -0.497 e. The number of sulfonamides is 1. The number of methoxy groups -OCH3 is 1. The molecule has 0 unspecified atom stereocenters. The van der Waals surface area contributed by atoms with Gasteiger partial charge in [-0.1, -0.05) is 12.1 Å². The lowest BCUT2D eigenvalue weighted by Gasteiger charge is -2.26. The Morgan fingerprint density at radius 1 is 1.16 bits per heavy atom. The summed E-state index contributed by atoms with van der Waals surface area (Å²) in [5, 5.41) is 6.30. The molecule has 2 aromatic rings. The number of hydrazone groups is 1. The lowest BCUT2D eigenvalue weighted by atomic mass is 10.2. The first-order chi connectivity index (χ1) is 15.4. The van der Waals surface area contributed by atoms with Gasteiger partial charge in [0.15, 0.2) is 0 Å². The molecule has 10 nitrogen and oxygen atoms in total. The number of amides is 2. The molecule has 0 spiro atoms. The van der Waals surface area contributed by atoms with Crippen LogP contribution in [0.25, 0.3) is 0 Å². The maximum Gasteiger partial charge on any atom is 0.259 e. The number of hydrogen-bond acceptors (Lipinski definition) is 7. The number of ether oxygens (including phenoxy) is 2. The second-order valence-corrected chi connectivity index (χ2v) is 8.73. The first-order valence-corrected chi connectivity index (χ1v) is 11.3. The van der Waals surface area contributed by atoms with E-state index >= 15 is 0 Å². The molecular weight excluding hydrogens is 436 g/mol. The molecule has 11 heteroatoms. The Morgan fingerprint density at radius 2 is 1.88 bits per heavy atom. The molecule has 2 aromatic carbocycles. The van der Waals surface area contributed by atoms with E-state index in [2.05, 4.69) is 15.8 Å². The van der Waals surface area contributed by atoms with Crippen molar-refractivity contribution in [3.05, 3.63) is 59.7 Å². The van der Waals surface area contributed by atoms with E-state index in [4.69, 9.17) is 9.47 Å². The number of carbonyl (C=O) groups excluding carboxylic acids is 2. The van der Waals surface area contributed by atoms with Gasteiger partial charge in [0.05, 0.1) is 38.0 Å². The Hall–Kier alpha value is -3.28. The van der Waals surface area contributed by atoms with Gasteiger partial charge in [0.2, 0.25) is 10.0 Å². The summed E-state index contributed by atoms with van der Waals surface area (Å²) in [6, 6.07) is 12.7. The zero-order valence-corrected chi connectivity index (χ0v) is 18.3. The number of benzene rings is 2. The van der Waals surface area contributed by atoms with Crippen molar-refractivity contribution in [2.24, 2.45) is 5.10 Å². The third-order valence-electron chi connectivity index (χ3n) is 4.63. The molecule has 2 N–H and O–H groups in total. The minimum absolute atomic E-state index is 0.0978. The number of nitrogens with one attached hydrogen (secondary N) is 2. The summed E-state index contributed by atoms with van der Waals surface area (Å²) in [7, 11) is -2.08. The maximum absolute atomic E-state index is 12.6. The van der Waals surface area contributed by atoms with Crippen molar-refractivity contribution in [1.29, 1.82) is 0 Å². The molecule has 170 valence electrons. The second-order valence-electron chi connectivity index (χ2n) is 6.79. The molecule has 1 aliphatic heterocycles. The molecule has 1 fully saturated rings. The highest BCUT2D eigenvalue weighted by Gasteiger charge is 2.26. The van der Waals surface area contributed by atoms with Gasteiger partial charge >= 0.3 is 0 Å². The Kier molecular flexibility index (Phi) is 7.92. The van der Waals surface area contributed by atoms with Crippen LogP contribution in [0.3, 0.4) is 0 Å². The van der Waals surface area contributed by atoms with Crippen LogP contribution in [0, 0.1) is 0 Å². The number of morpholine rings is 1. The van der Waals surface area contributed by atoms with Gasteiger partial charge in [0, 0.05) is 18.7 Å². The number of carbonyl (C=O) groups is 2. The molecule has 0 saturated carbocycles. The summed E-state index contributed by atoms with van der Waals surface area (Å²) < 4.78 is 36.9. The summed E-state index contributed by atoms with van der Waals surface area (Å²) in [6.45, 7) is 0.999. The van der Waals surface area contributed by atoms with Crippen molar-refractivity contribution in [3.63, 3.8) is 0 Å². The molecular formula is C21H24N4O6S. The number of nitrogens with zero attached hydrogens (tertiary/aromatic N) is 2. The van der Waals surface area contributed by atoms with Crippen molar-refractivity contribution in [2.45, 2.75) is 4.90 Å². The molecule has 1 heterocycles. The monoisotopic (exact) mass is 460 g/mol. The van der Waals surface area contributed by atoms with Crippen LogP contribution in [-0.2, 0) is 19.6 Å². The maximum atomic E-state index is 12.6. The largest absolute Gasteiger partial charge is 0.497 e. The minimum atomic E-state index is -3.63. The first-order valence-electron chi connectivity index (χ1n) is 9.82. The third-order valence-corrected chi connectivity index (χ3v) is 6.54. The molecule has 1 saturated heterocycles. The van der Waals surface area contributed by atoms with Gasteiger partial charge in [-0.3, -0.25) is 9.59 Å². The summed E-state index contributed by atoms with van der Waals surface area (Å²) in [6.07, 6.45) is 1.45. The average molecular weight is 461 g/mol. The van der Waals surface area contributed by atoms with Crippen LogP contribution in [0.5, 0.6) is 5.75 Å². The molecule has 0 bridgehead atoms. The fourth-order valence-corrected chi connectivity index (χ4v) is 4.33. The molecule has 0 atom stereocenters. The van der Waals surface area contributed by atoms with E-state index in [1.807, 2.05) is 0 Å². The van der Waals surface area contributed by atoms with E-state index in [1.54, 1.807) is 31.4 Å². The van der Waals surface area contributed by atoms with Gasteiger partial charge in [0.25, 0.3) is 11.8 Å². The Bertz CT molecular complexity index is 1080. The number of hydrogen-bond donors (Lipinski definition) is 2. The van der Waals surface area contributed by atoms with Crippen molar-refractivity contribution in [3.8, 4) is 5.75 Å². The standard InChI is InChI=1S/C21H24N4O6S/c1-30-18-4-2-3-16(13-18)14-23-24-20(26)15-22-21(27)17-5-7-19(8-6-17)32(28,29)25-9-11-31-12-10-25/h2-8,13-14H,9-12,15H2,1H3,(H,22,27)(H,24,26)/b23-14+. The fourth-order valence-electron chi connectivity index (χ4n) is 2.92. The number of rotatable bonds is 8. The Morgan fingerprint density at radius 3 is 2.56 bits per heavy atom. The van der Waals surface area contributed by atoms with Gasteiger partial charge in [-0.15, -0.1) is 0 Å². The first kappa shape index (κ1) is 23.4. The SMILES string of the molecule is COc1cccc(/C=N/NC(=O)CNC(=O)c2ccc(S(=O)(=O)N3CCOCC3)cc2)c1. The van der Waals surface area contributed by atoms with Crippen molar-refractivity contribution in [1.82, 2.24) is 15.0 Å². The fraction of sp³-hybridized carbons (Fsp3) is 0.286. The summed E-state index contributed by atoms with van der Waals surface area (Å²) in [5.41, 5.74) is 3.29. The van der Waals surface area contributed by atoms with Gasteiger partial charge in [-0.05, 0) is 42.0 Å². The van der Waals surface area contributed by atoms with Crippen LogP contribution in [0.4, 0.5) is 0 Å². The quantitative estimate of drug-likeness (QED) is 0.439. The Balaban J connectivity index is 1.50. The van der Waals surface area contributed by atoms with Crippen molar-refractivity contribution >= 4 is 28.1 Å². The highest BCUT2D eigenvalue weighted by molar-refractivity contribution is 7.89. The molecule has 0 radical (unpaired) electrons. The van der Waals surface area contributed by atoms with Gasteiger partial charge in [-0.2, -0.15) is 9.41 Å². The van der Waals surface area contributed by atoms with Crippen LogP contribution in [0.2, 0.25) is 0 Å². The zero-order chi connectivity index (χ0) is 23.0. The van der Waals surface area contributed by atoms with Crippen LogP contribution < -0.4 is 15.5 Å².